The third kappa shape index (κ3) is 3.27. The summed E-state index contributed by atoms with van der Waals surface area (Å²) in [5.74, 6) is 0.182. The zero-order valence-electron chi connectivity index (χ0n) is 11.0. The Hall–Kier alpha value is -2.08. The second-order valence-electron chi connectivity index (χ2n) is 4.16. The smallest absolute Gasteiger partial charge is 0.335 e. The Bertz CT molecular complexity index is 659. The van der Waals surface area contributed by atoms with Crippen LogP contribution in [0, 0.1) is 6.92 Å². The number of carboxylic acid groups (broad SMARTS) is 1. The number of rotatable bonds is 4. The Labute approximate surface area is 124 Å². The van der Waals surface area contributed by atoms with Gasteiger partial charge in [-0.05, 0) is 47.1 Å². The van der Waals surface area contributed by atoms with Gasteiger partial charge in [-0.25, -0.2) is 9.78 Å². The Morgan fingerprint density at radius 3 is 2.75 bits per heavy atom. The fraction of sp³-hybridized carbons (Fsp3) is 0.143. The Morgan fingerprint density at radius 2 is 2.10 bits per heavy atom. The normalized spacial score (nSPS) is 10.2. The van der Waals surface area contributed by atoms with Crippen LogP contribution in [0.5, 0.6) is 5.75 Å². The van der Waals surface area contributed by atoms with E-state index in [2.05, 4.69) is 26.2 Å². The minimum absolute atomic E-state index is 0.194. The maximum Gasteiger partial charge on any atom is 0.335 e. The Kier molecular flexibility index (Phi) is 4.24. The largest absolute Gasteiger partial charge is 0.497 e. The van der Waals surface area contributed by atoms with Crippen molar-refractivity contribution in [3.05, 3.63) is 46.1 Å². The van der Waals surface area contributed by atoms with Gasteiger partial charge in [0.2, 0.25) is 0 Å². The lowest BCUT2D eigenvalue weighted by Gasteiger charge is -2.11. The zero-order valence-corrected chi connectivity index (χ0v) is 12.6. The molecule has 0 saturated heterocycles. The van der Waals surface area contributed by atoms with Gasteiger partial charge in [0.25, 0.3) is 0 Å². The number of pyridine rings is 1. The van der Waals surface area contributed by atoms with Crippen molar-refractivity contribution in [2.24, 2.45) is 0 Å². The monoisotopic (exact) mass is 336 g/mol. The summed E-state index contributed by atoms with van der Waals surface area (Å²) in [5.41, 5.74) is 1.57. The minimum Gasteiger partial charge on any atom is -0.497 e. The molecule has 1 aromatic carbocycles. The van der Waals surface area contributed by atoms with Gasteiger partial charge in [-0.15, -0.1) is 0 Å². The Balaban J connectivity index is 2.36. The molecule has 0 unspecified atom stereocenters. The van der Waals surface area contributed by atoms with E-state index in [9.17, 15) is 4.79 Å². The van der Waals surface area contributed by atoms with E-state index in [1.165, 1.54) is 12.1 Å². The van der Waals surface area contributed by atoms with Gasteiger partial charge in [0.05, 0.1) is 18.4 Å². The Morgan fingerprint density at radius 1 is 1.35 bits per heavy atom. The van der Waals surface area contributed by atoms with Crippen LogP contribution in [0.2, 0.25) is 0 Å². The molecule has 0 amide bonds. The summed E-state index contributed by atoms with van der Waals surface area (Å²) in [6.07, 6.45) is 0. The number of hydrogen-bond acceptors (Lipinski definition) is 4. The first-order chi connectivity index (χ1) is 9.49. The third-order valence-corrected chi connectivity index (χ3v) is 3.33. The van der Waals surface area contributed by atoms with Crippen LogP contribution >= 0.6 is 15.9 Å². The number of carbonyl (C=O) groups is 1. The molecular formula is C14H13BrN2O3. The molecule has 0 aliphatic heterocycles. The van der Waals surface area contributed by atoms with Crippen LogP contribution in [-0.4, -0.2) is 23.2 Å². The number of nitrogens with zero attached hydrogens (tertiary/aromatic N) is 1. The van der Waals surface area contributed by atoms with E-state index in [4.69, 9.17) is 9.84 Å². The minimum atomic E-state index is -0.983. The van der Waals surface area contributed by atoms with Crippen molar-refractivity contribution in [3.8, 4) is 5.75 Å². The maximum atomic E-state index is 11.0. The maximum absolute atomic E-state index is 11.0. The predicted octanol–water partition coefficient (Wildman–Crippen LogP) is 3.60. The number of hydrogen-bond donors (Lipinski definition) is 2. The molecule has 104 valence electrons. The van der Waals surface area contributed by atoms with Gasteiger partial charge in [0.15, 0.2) is 0 Å². The highest BCUT2D eigenvalue weighted by molar-refractivity contribution is 9.10. The SMILES string of the molecule is COc1ccc(Br)c(Nc2cc(C(=O)O)cc(C)n2)c1. The first kappa shape index (κ1) is 14.3. The highest BCUT2D eigenvalue weighted by atomic mass is 79.9. The second kappa shape index (κ2) is 5.92. The fourth-order valence-electron chi connectivity index (χ4n) is 1.72. The quantitative estimate of drug-likeness (QED) is 0.892. The van der Waals surface area contributed by atoms with Crippen molar-refractivity contribution in [2.45, 2.75) is 6.92 Å². The van der Waals surface area contributed by atoms with E-state index in [1.807, 2.05) is 12.1 Å². The lowest BCUT2D eigenvalue weighted by molar-refractivity contribution is 0.0696. The summed E-state index contributed by atoms with van der Waals surface area (Å²) in [6.45, 7) is 1.75. The molecule has 0 fully saturated rings. The van der Waals surface area contributed by atoms with Gasteiger partial charge in [0.1, 0.15) is 11.6 Å². The van der Waals surface area contributed by atoms with Crippen LogP contribution in [0.15, 0.2) is 34.8 Å². The van der Waals surface area contributed by atoms with Gasteiger partial charge in [0, 0.05) is 16.2 Å². The fourth-order valence-corrected chi connectivity index (χ4v) is 2.07. The number of ether oxygens (including phenoxy) is 1. The number of anilines is 2. The van der Waals surface area contributed by atoms with Gasteiger partial charge in [-0.1, -0.05) is 0 Å². The molecule has 2 N–H and O–H groups in total. The van der Waals surface area contributed by atoms with E-state index in [-0.39, 0.29) is 5.56 Å². The first-order valence-corrected chi connectivity index (χ1v) is 6.61. The average molecular weight is 337 g/mol. The molecule has 6 heteroatoms. The first-order valence-electron chi connectivity index (χ1n) is 5.82. The van der Waals surface area contributed by atoms with E-state index in [0.717, 1.165) is 10.2 Å². The molecule has 0 bridgehead atoms. The highest BCUT2D eigenvalue weighted by Gasteiger charge is 2.08. The molecule has 20 heavy (non-hydrogen) atoms. The third-order valence-electron chi connectivity index (χ3n) is 2.64. The zero-order chi connectivity index (χ0) is 14.7. The van der Waals surface area contributed by atoms with Crippen molar-refractivity contribution < 1.29 is 14.6 Å². The molecule has 1 heterocycles. The van der Waals surface area contributed by atoms with E-state index >= 15 is 0 Å². The van der Waals surface area contributed by atoms with Gasteiger partial charge < -0.3 is 15.2 Å². The number of methoxy groups -OCH3 is 1. The number of aromatic carboxylic acids is 1. The molecule has 5 nitrogen and oxygen atoms in total. The predicted molar refractivity (Wildman–Crippen MR) is 79.9 cm³/mol. The van der Waals surface area contributed by atoms with E-state index in [0.29, 0.717) is 17.3 Å². The van der Waals surface area contributed by atoms with E-state index in [1.54, 1.807) is 20.1 Å². The molecule has 0 aliphatic rings. The number of benzene rings is 1. The van der Waals surface area contributed by atoms with Crippen molar-refractivity contribution in [1.29, 1.82) is 0 Å². The number of aromatic nitrogens is 1. The molecule has 0 atom stereocenters. The summed E-state index contributed by atoms with van der Waals surface area (Å²) >= 11 is 3.42. The summed E-state index contributed by atoms with van der Waals surface area (Å²) < 4.78 is 5.99. The lowest BCUT2D eigenvalue weighted by atomic mass is 10.2. The number of carboxylic acids is 1. The van der Waals surface area contributed by atoms with Gasteiger partial charge in [-0.2, -0.15) is 0 Å². The number of aryl methyl sites for hydroxylation is 1. The molecular weight excluding hydrogens is 324 g/mol. The molecule has 0 radical (unpaired) electrons. The van der Waals surface area contributed by atoms with Crippen LogP contribution in [0.4, 0.5) is 11.5 Å². The van der Waals surface area contributed by atoms with Crippen LogP contribution in [0.3, 0.4) is 0 Å². The topological polar surface area (TPSA) is 71.5 Å². The van der Waals surface area contributed by atoms with Gasteiger partial charge >= 0.3 is 5.97 Å². The van der Waals surface area contributed by atoms with Crippen LogP contribution in [0.25, 0.3) is 0 Å². The number of halogens is 1. The van der Waals surface area contributed by atoms with Crippen LogP contribution < -0.4 is 10.1 Å². The van der Waals surface area contributed by atoms with Crippen molar-refractivity contribution in [2.75, 3.05) is 12.4 Å². The van der Waals surface area contributed by atoms with Crippen molar-refractivity contribution in [1.82, 2.24) is 4.98 Å². The van der Waals surface area contributed by atoms with E-state index < -0.39 is 5.97 Å². The second-order valence-corrected chi connectivity index (χ2v) is 5.01. The average Bonchev–Trinajstić information content (AvgIpc) is 2.40. The van der Waals surface area contributed by atoms with Crippen molar-refractivity contribution in [3.63, 3.8) is 0 Å². The summed E-state index contributed by atoms with van der Waals surface area (Å²) in [5, 5.41) is 12.1. The summed E-state index contributed by atoms with van der Waals surface area (Å²) in [6, 6.07) is 8.47. The molecule has 0 spiro atoms. The molecule has 1 aromatic heterocycles. The van der Waals surface area contributed by atoms with Crippen molar-refractivity contribution >= 4 is 33.4 Å². The summed E-state index contributed by atoms with van der Waals surface area (Å²) in [4.78, 5) is 15.3. The van der Waals surface area contributed by atoms with Gasteiger partial charge in [-0.3, -0.25) is 0 Å². The summed E-state index contributed by atoms with van der Waals surface area (Å²) in [7, 11) is 1.58. The van der Waals surface area contributed by atoms with Crippen LogP contribution in [-0.2, 0) is 0 Å². The lowest BCUT2D eigenvalue weighted by Crippen LogP contribution is -2.02. The number of nitrogens with one attached hydrogen (secondary N) is 1. The molecule has 0 aliphatic carbocycles. The molecule has 0 saturated carbocycles. The molecule has 2 aromatic rings. The standard InChI is InChI=1S/C14H13BrN2O3/c1-8-5-9(14(18)19)6-13(16-8)17-12-7-10(20-2)3-4-11(12)15/h3-7H,1-2H3,(H,16,17)(H,18,19). The molecule has 2 rings (SSSR count). The highest BCUT2D eigenvalue weighted by Crippen LogP contribution is 2.29. The van der Waals surface area contributed by atoms with Crippen LogP contribution in [0.1, 0.15) is 16.1 Å².